The second-order valence-corrected chi connectivity index (χ2v) is 8.06. The average molecular weight is 376 g/mol. The van der Waals surface area contributed by atoms with Crippen LogP contribution in [0.15, 0.2) is 24.3 Å². The van der Waals surface area contributed by atoms with E-state index in [1.54, 1.807) is 7.11 Å². The number of para-hydroxylation sites is 1. The molecule has 1 aromatic rings. The van der Waals surface area contributed by atoms with Crippen LogP contribution < -0.4 is 4.74 Å². The van der Waals surface area contributed by atoms with Gasteiger partial charge in [-0.25, -0.2) is 0 Å². The summed E-state index contributed by atoms with van der Waals surface area (Å²) in [5.41, 5.74) is 0.508. The number of benzene rings is 1. The predicted octanol–water partition coefficient (Wildman–Crippen LogP) is 2.66. The normalized spacial score (nSPS) is 18.3. The van der Waals surface area contributed by atoms with Gasteiger partial charge in [-0.2, -0.15) is 0 Å². The first-order valence-corrected chi connectivity index (χ1v) is 9.58. The van der Waals surface area contributed by atoms with Crippen LogP contribution in [-0.2, 0) is 16.0 Å². The molecular formula is C21H32N2O4. The third kappa shape index (κ3) is 5.70. The molecule has 1 N–H and O–H groups in total. The lowest BCUT2D eigenvalue weighted by molar-refractivity contribution is -0.141. The zero-order chi connectivity index (χ0) is 20.0. The lowest BCUT2D eigenvalue weighted by Crippen LogP contribution is -2.43. The number of carbonyl (C=O) groups is 2. The molecule has 0 aromatic heterocycles. The van der Waals surface area contributed by atoms with Crippen molar-refractivity contribution in [2.45, 2.75) is 45.6 Å². The van der Waals surface area contributed by atoms with E-state index in [0.717, 1.165) is 37.1 Å². The van der Waals surface area contributed by atoms with E-state index in [2.05, 4.69) is 0 Å². The van der Waals surface area contributed by atoms with Crippen molar-refractivity contribution in [3.8, 4) is 5.75 Å². The molecule has 1 atom stereocenters. The quantitative estimate of drug-likeness (QED) is 0.792. The van der Waals surface area contributed by atoms with Crippen LogP contribution in [0.1, 0.15) is 38.7 Å². The van der Waals surface area contributed by atoms with E-state index >= 15 is 0 Å². The molecule has 1 fully saturated rings. The van der Waals surface area contributed by atoms with Crippen LogP contribution in [0.25, 0.3) is 0 Å². The lowest BCUT2D eigenvalue weighted by atomic mass is 9.84. The highest BCUT2D eigenvalue weighted by molar-refractivity contribution is 5.82. The highest BCUT2D eigenvalue weighted by atomic mass is 16.5. The first kappa shape index (κ1) is 21.2. The van der Waals surface area contributed by atoms with Crippen molar-refractivity contribution in [2.75, 3.05) is 33.8 Å². The third-order valence-corrected chi connectivity index (χ3v) is 5.40. The van der Waals surface area contributed by atoms with Crippen molar-refractivity contribution in [1.82, 2.24) is 9.80 Å². The summed E-state index contributed by atoms with van der Waals surface area (Å²) in [5, 5.41) is 9.00. The zero-order valence-electron chi connectivity index (χ0n) is 16.9. The van der Waals surface area contributed by atoms with E-state index in [1.165, 1.54) is 0 Å². The number of ether oxygens (including phenoxy) is 1. The number of rotatable bonds is 7. The molecule has 0 radical (unpaired) electrons. The molecule has 1 aromatic carbocycles. The third-order valence-electron chi connectivity index (χ3n) is 5.40. The molecule has 2 rings (SSSR count). The van der Waals surface area contributed by atoms with Gasteiger partial charge in [-0.05, 0) is 44.4 Å². The summed E-state index contributed by atoms with van der Waals surface area (Å²) in [7, 11) is 3.50. The van der Waals surface area contributed by atoms with Crippen LogP contribution in [0.2, 0.25) is 0 Å². The van der Waals surface area contributed by atoms with Crippen molar-refractivity contribution in [3.63, 3.8) is 0 Å². The van der Waals surface area contributed by atoms with E-state index in [-0.39, 0.29) is 18.5 Å². The summed E-state index contributed by atoms with van der Waals surface area (Å²) in [6.07, 6.45) is 3.24. The fourth-order valence-electron chi connectivity index (χ4n) is 3.89. The summed E-state index contributed by atoms with van der Waals surface area (Å²) in [6, 6.07) is 8.03. The van der Waals surface area contributed by atoms with Gasteiger partial charge in [-0.1, -0.05) is 32.0 Å². The van der Waals surface area contributed by atoms with Gasteiger partial charge in [0.05, 0.1) is 13.7 Å². The van der Waals surface area contributed by atoms with Gasteiger partial charge in [0.25, 0.3) is 0 Å². The van der Waals surface area contributed by atoms with Gasteiger partial charge in [0, 0.05) is 24.5 Å². The van der Waals surface area contributed by atoms with E-state index in [4.69, 9.17) is 9.84 Å². The molecule has 1 aliphatic heterocycles. The number of hydrogen-bond donors (Lipinski definition) is 1. The van der Waals surface area contributed by atoms with E-state index < -0.39 is 11.4 Å². The Balaban J connectivity index is 2.02. The molecule has 0 saturated carbocycles. The highest BCUT2D eigenvalue weighted by Gasteiger charge is 2.34. The minimum Gasteiger partial charge on any atom is -0.496 e. The molecule has 1 unspecified atom stereocenters. The molecular weight excluding hydrogens is 344 g/mol. The van der Waals surface area contributed by atoms with Crippen molar-refractivity contribution in [3.05, 3.63) is 29.8 Å². The smallest absolute Gasteiger partial charge is 0.317 e. The molecule has 0 aliphatic carbocycles. The van der Waals surface area contributed by atoms with Gasteiger partial charge in [-0.15, -0.1) is 0 Å². The summed E-state index contributed by atoms with van der Waals surface area (Å²) >= 11 is 0. The SMILES string of the molecule is COc1ccccc1CC(C)(C)C(=O)N1CCCC(N(C)CC(=O)O)CC1. The fourth-order valence-corrected chi connectivity index (χ4v) is 3.89. The predicted molar refractivity (Wildman–Crippen MR) is 105 cm³/mol. The number of carboxylic acids is 1. The number of carboxylic acid groups (broad SMARTS) is 1. The number of amides is 1. The van der Waals surface area contributed by atoms with Crippen molar-refractivity contribution in [2.24, 2.45) is 5.41 Å². The zero-order valence-corrected chi connectivity index (χ0v) is 16.9. The minimum atomic E-state index is -0.812. The Bertz CT molecular complexity index is 659. The molecule has 27 heavy (non-hydrogen) atoms. The first-order chi connectivity index (χ1) is 12.7. The molecule has 0 spiro atoms. The second-order valence-electron chi connectivity index (χ2n) is 8.06. The van der Waals surface area contributed by atoms with Gasteiger partial charge < -0.3 is 14.7 Å². The maximum Gasteiger partial charge on any atom is 0.317 e. The number of likely N-dealkylation sites (N-methyl/N-ethyl adjacent to an activating group) is 1. The van der Waals surface area contributed by atoms with Crippen LogP contribution in [0, 0.1) is 5.41 Å². The Hall–Kier alpha value is -2.08. The van der Waals surface area contributed by atoms with Gasteiger partial charge in [-0.3, -0.25) is 14.5 Å². The van der Waals surface area contributed by atoms with Gasteiger partial charge in [0.1, 0.15) is 5.75 Å². The maximum atomic E-state index is 13.2. The summed E-state index contributed by atoms with van der Waals surface area (Å²) < 4.78 is 5.43. The van der Waals surface area contributed by atoms with E-state index in [0.29, 0.717) is 13.0 Å². The van der Waals surface area contributed by atoms with Crippen LogP contribution in [-0.4, -0.2) is 66.6 Å². The largest absolute Gasteiger partial charge is 0.496 e. The van der Waals surface area contributed by atoms with Gasteiger partial charge in [0.15, 0.2) is 0 Å². The molecule has 6 heteroatoms. The molecule has 1 amide bonds. The summed E-state index contributed by atoms with van der Waals surface area (Å²) in [5.74, 6) is 0.146. The van der Waals surface area contributed by atoms with Gasteiger partial charge >= 0.3 is 5.97 Å². The molecule has 150 valence electrons. The maximum absolute atomic E-state index is 13.2. The molecule has 1 saturated heterocycles. The topological polar surface area (TPSA) is 70.1 Å². The molecule has 1 heterocycles. The van der Waals surface area contributed by atoms with Crippen LogP contribution in [0.4, 0.5) is 0 Å². The Morgan fingerprint density at radius 3 is 2.63 bits per heavy atom. The Labute approximate surface area is 162 Å². The Morgan fingerprint density at radius 1 is 1.26 bits per heavy atom. The number of aliphatic carboxylic acids is 1. The van der Waals surface area contributed by atoms with Crippen molar-refractivity contribution >= 4 is 11.9 Å². The second kappa shape index (κ2) is 9.22. The lowest BCUT2D eigenvalue weighted by Gasteiger charge is -2.32. The molecule has 0 bridgehead atoms. The molecule has 1 aliphatic rings. The molecule has 6 nitrogen and oxygen atoms in total. The van der Waals surface area contributed by atoms with Crippen molar-refractivity contribution < 1.29 is 19.4 Å². The standard InChI is InChI=1S/C21H32N2O4/c1-21(2,14-16-8-5-6-10-18(16)27-4)20(26)23-12-7-9-17(11-13-23)22(3)15-19(24)25/h5-6,8,10,17H,7,9,11-15H2,1-4H3,(H,24,25). The van der Waals surface area contributed by atoms with Crippen LogP contribution in [0.3, 0.4) is 0 Å². The summed E-state index contributed by atoms with van der Waals surface area (Å²) in [4.78, 5) is 28.0. The Kier molecular flexibility index (Phi) is 7.25. The highest BCUT2D eigenvalue weighted by Crippen LogP contribution is 2.30. The first-order valence-electron chi connectivity index (χ1n) is 9.58. The number of methoxy groups -OCH3 is 1. The monoisotopic (exact) mass is 376 g/mol. The fraction of sp³-hybridized carbons (Fsp3) is 0.619. The van der Waals surface area contributed by atoms with E-state index in [1.807, 2.05) is 55.0 Å². The van der Waals surface area contributed by atoms with Gasteiger partial charge in [0.2, 0.25) is 5.91 Å². The van der Waals surface area contributed by atoms with Crippen LogP contribution in [0.5, 0.6) is 5.75 Å². The average Bonchev–Trinajstić information content (AvgIpc) is 2.86. The van der Waals surface area contributed by atoms with Crippen molar-refractivity contribution in [1.29, 1.82) is 0 Å². The van der Waals surface area contributed by atoms with E-state index in [9.17, 15) is 9.59 Å². The number of nitrogens with zero attached hydrogens (tertiary/aromatic N) is 2. The minimum absolute atomic E-state index is 0.0396. The Morgan fingerprint density at radius 2 is 1.96 bits per heavy atom. The summed E-state index contributed by atoms with van der Waals surface area (Å²) in [6.45, 7) is 5.41. The number of likely N-dealkylation sites (tertiary alicyclic amines) is 1. The van der Waals surface area contributed by atoms with Crippen LogP contribution >= 0.6 is 0 Å². The number of carbonyl (C=O) groups excluding carboxylic acids is 1. The number of hydrogen-bond acceptors (Lipinski definition) is 4.